The minimum atomic E-state index is -0.524. The van der Waals surface area contributed by atoms with Gasteiger partial charge in [-0.05, 0) is 29.5 Å². The fourth-order valence-electron chi connectivity index (χ4n) is 1.92. The second-order valence-electron chi connectivity index (χ2n) is 4.42. The molecule has 0 aliphatic rings. The lowest BCUT2D eigenvalue weighted by molar-refractivity contribution is 0.367. The number of hydrogen-bond donors (Lipinski definition) is 1. The van der Waals surface area contributed by atoms with Crippen LogP contribution in [0.5, 0.6) is 0 Å². The Kier molecular flexibility index (Phi) is 3.56. The number of aryl methyl sites for hydroxylation is 1. The first-order valence-corrected chi connectivity index (χ1v) is 7.35. The highest BCUT2D eigenvalue weighted by atomic mass is 35.5. The zero-order chi connectivity index (χ0) is 14.1. The van der Waals surface area contributed by atoms with Crippen LogP contribution >= 0.6 is 22.9 Å². The highest BCUT2D eigenvalue weighted by Crippen LogP contribution is 2.28. The zero-order valence-electron chi connectivity index (χ0n) is 10.7. The monoisotopic (exact) mass is 305 g/mol. The SMILES string of the molecule is Cc1cscc1-c1noc([C@H](N)c2ccccc2Cl)n1. The van der Waals surface area contributed by atoms with E-state index in [9.17, 15) is 0 Å². The summed E-state index contributed by atoms with van der Waals surface area (Å²) in [5.74, 6) is 0.917. The predicted molar refractivity (Wildman–Crippen MR) is 79.8 cm³/mol. The quantitative estimate of drug-likeness (QED) is 0.799. The summed E-state index contributed by atoms with van der Waals surface area (Å²) < 4.78 is 5.27. The van der Waals surface area contributed by atoms with Crippen LogP contribution in [0.1, 0.15) is 23.1 Å². The van der Waals surface area contributed by atoms with Crippen LogP contribution in [-0.2, 0) is 0 Å². The maximum absolute atomic E-state index is 6.14. The van der Waals surface area contributed by atoms with Gasteiger partial charge in [0.15, 0.2) is 0 Å². The van der Waals surface area contributed by atoms with Crippen LogP contribution in [0.2, 0.25) is 5.02 Å². The molecule has 0 saturated heterocycles. The third-order valence-electron chi connectivity index (χ3n) is 3.04. The van der Waals surface area contributed by atoms with Crippen molar-refractivity contribution in [1.82, 2.24) is 10.1 Å². The highest BCUT2D eigenvalue weighted by molar-refractivity contribution is 7.08. The number of halogens is 1. The van der Waals surface area contributed by atoms with Gasteiger partial charge in [-0.15, -0.1) is 0 Å². The van der Waals surface area contributed by atoms with Gasteiger partial charge in [-0.3, -0.25) is 0 Å². The topological polar surface area (TPSA) is 64.9 Å². The van der Waals surface area contributed by atoms with Crippen LogP contribution in [0, 0.1) is 6.92 Å². The van der Waals surface area contributed by atoms with Crippen LogP contribution < -0.4 is 5.73 Å². The lowest BCUT2D eigenvalue weighted by Gasteiger charge is -2.08. The number of nitrogens with two attached hydrogens (primary N) is 1. The first-order valence-electron chi connectivity index (χ1n) is 6.03. The van der Waals surface area contributed by atoms with Crippen molar-refractivity contribution >= 4 is 22.9 Å². The Labute approximate surface area is 125 Å². The molecule has 3 aromatic rings. The maximum Gasteiger partial charge on any atom is 0.248 e. The minimum absolute atomic E-state index is 0.360. The van der Waals surface area contributed by atoms with E-state index in [1.54, 1.807) is 17.4 Å². The Morgan fingerprint density at radius 3 is 2.80 bits per heavy atom. The molecular formula is C14H12ClN3OS. The molecule has 0 amide bonds. The minimum Gasteiger partial charge on any atom is -0.337 e. The van der Waals surface area contributed by atoms with E-state index in [2.05, 4.69) is 10.1 Å². The molecule has 1 atom stereocenters. The number of aromatic nitrogens is 2. The average molecular weight is 306 g/mol. The molecule has 0 aliphatic carbocycles. The van der Waals surface area contributed by atoms with Crippen molar-refractivity contribution in [3.63, 3.8) is 0 Å². The third-order valence-corrected chi connectivity index (χ3v) is 4.25. The van der Waals surface area contributed by atoms with Crippen molar-refractivity contribution in [3.05, 3.63) is 57.1 Å². The summed E-state index contributed by atoms with van der Waals surface area (Å²) in [4.78, 5) is 4.38. The average Bonchev–Trinajstić information content (AvgIpc) is 3.07. The smallest absolute Gasteiger partial charge is 0.248 e. The second-order valence-corrected chi connectivity index (χ2v) is 5.57. The summed E-state index contributed by atoms with van der Waals surface area (Å²) in [6, 6.07) is 6.85. The summed E-state index contributed by atoms with van der Waals surface area (Å²) >= 11 is 7.74. The van der Waals surface area contributed by atoms with E-state index in [0.29, 0.717) is 16.7 Å². The molecule has 102 valence electrons. The van der Waals surface area contributed by atoms with E-state index >= 15 is 0 Å². The summed E-state index contributed by atoms with van der Waals surface area (Å²) in [5, 5.41) is 8.61. The molecule has 0 fully saturated rings. The molecule has 1 aromatic carbocycles. The summed E-state index contributed by atoms with van der Waals surface area (Å²) in [6.45, 7) is 2.01. The molecule has 2 N–H and O–H groups in total. The first-order chi connectivity index (χ1) is 9.66. The van der Waals surface area contributed by atoms with Gasteiger partial charge in [-0.1, -0.05) is 35.0 Å². The van der Waals surface area contributed by atoms with Gasteiger partial charge in [0, 0.05) is 16.0 Å². The van der Waals surface area contributed by atoms with Crippen LogP contribution in [0.25, 0.3) is 11.4 Å². The molecule has 3 rings (SSSR count). The summed E-state index contributed by atoms with van der Waals surface area (Å²) in [5.41, 5.74) is 9.00. The zero-order valence-corrected chi connectivity index (χ0v) is 12.3. The second kappa shape index (κ2) is 5.36. The molecule has 2 heterocycles. The molecule has 0 bridgehead atoms. The molecular weight excluding hydrogens is 294 g/mol. The van der Waals surface area contributed by atoms with Crippen molar-refractivity contribution in [2.45, 2.75) is 13.0 Å². The molecule has 6 heteroatoms. The molecule has 4 nitrogen and oxygen atoms in total. The predicted octanol–water partition coefficient (Wildman–Crippen LogP) is 3.81. The fraction of sp³-hybridized carbons (Fsp3) is 0.143. The molecule has 0 radical (unpaired) electrons. The van der Waals surface area contributed by atoms with Gasteiger partial charge in [0.2, 0.25) is 11.7 Å². The summed E-state index contributed by atoms with van der Waals surface area (Å²) in [7, 11) is 0. The molecule has 20 heavy (non-hydrogen) atoms. The van der Waals surface area contributed by atoms with Gasteiger partial charge in [0.1, 0.15) is 6.04 Å². The van der Waals surface area contributed by atoms with E-state index in [-0.39, 0.29) is 0 Å². The maximum atomic E-state index is 6.14. The van der Waals surface area contributed by atoms with E-state index in [1.807, 2.05) is 35.9 Å². The lowest BCUT2D eigenvalue weighted by Crippen LogP contribution is -2.12. The van der Waals surface area contributed by atoms with E-state index in [4.69, 9.17) is 21.9 Å². The molecule has 0 spiro atoms. The Morgan fingerprint density at radius 2 is 2.10 bits per heavy atom. The Balaban J connectivity index is 1.95. The van der Waals surface area contributed by atoms with E-state index < -0.39 is 6.04 Å². The number of benzene rings is 1. The van der Waals surface area contributed by atoms with Crippen LogP contribution in [0.4, 0.5) is 0 Å². The van der Waals surface area contributed by atoms with Crippen LogP contribution in [-0.4, -0.2) is 10.1 Å². The molecule has 0 aliphatic heterocycles. The molecule has 0 unspecified atom stereocenters. The number of nitrogens with zero attached hydrogens (tertiary/aromatic N) is 2. The Morgan fingerprint density at radius 1 is 1.30 bits per heavy atom. The molecule has 0 saturated carbocycles. The van der Waals surface area contributed by atoms with Gasteiger partial charge >= 0.3 is 0 Å². The molecule has 2 aromatic heterocycles. The van der Waals surface area contributed by atoms with Crippen molar-refractivity contribution in [3.8, 4) is 11.4 Å². The van der Waals surface area contributed by atoms with E-state index in [1.165, 1.54) is 0 Å². The van der Waals surface area contributed by atoms with E-state index in [0.717, 1.165) is 16.7 Å². The Bertz CT molecular complexity index is 737. The van der Waals surface area contributed by atoms with Crippen molar-refractivity contribution in [1.29, 1.82) is 0 Å². The lowest BCUT2D eigenvalue weighted by atomic mass is 10.1. The number of hydrogen-bond acceptors (Lipinski definition) is 5. The van der Waals surface area contributed by atoms with Crippen molar-refractivity contribution in [2.24, 2.45) is 5.73 Å². The van der Waals surface area contributed by atoms with Crippen LogP contribution in [0.3, 0.4) is 0 Å². The fourth-order valence-corrected chi connectivity index (χ4v) is 3.00. The number of rotatable bonds is 3. The normalized spacial score (nSPS) is 12.6. The third kappa shape index (κ3) is 2.35. The first kappa shape index (κ1) is 13.3. The van der Waals surface area contributed by atoms with Crippen molar-refractivity contribution in [2.75, 3.05) is 0 Å². The van der Waals surface area contributed by atoms with Gasteiger partial charge in [0.05, 0.1) is 0 Å². The van der Waals surface area contributed by atoms with Gasteiger partial charge < -0.3 is 10.3 Å². The van der Waals surface area contributed by atoms with Gasteiger partial charge in [-0.25, -0.2) is 0 Å². The van der Waals surface area contributed by atoms with Crippen molar-refractivity contribution < 1.29 is 4.52 Å². The largest absolute Gasteiger partial charge is 0.337 e. The van der Waals surface area contributed by atoms with Gasteiger partial charge in [-0.2, -0.15) is 16.3 Å². The number of thiophene rings is 1. The Hall–Kier alpha value is -1.69. The summed E-state index contributed by atoms with van der Waals surface area (Å²) in [6.07, 6.45) is 0. The van der Waals surface area contributed by atoms with Gasteiger partial charge in [0.25, 0.3) is 0 Å². The standard InChI is InChI=1S/C14H12ClN3OS/c1-8-6-20-7-10(8)13-17-14(19-18-13)12(16)9-4-2-3-5-11(9)15/h2-7,12H,16H2,1H3/t12-/m1/s1. The van der Waals surface area contributed by atoms with Crippen LogP contribution in [0.15, 0.2) is 39.5 Å². The highest BCUT2D eigenvalue weighted by Gasteiger charge is 2.20.